The van der Waals surface area contributed by atoms with E-state index in [1.165, 1.54) is 44.2 Å². The van der Waals surface area contributed by atoms with Gasteiger partial charge in [0, 0.05) is 12.1 Å². The van der Waals surface area contributed by atoms with E-state index in [4.69, 9.17) is 14.1 Å². The van der Waals surface area contributed by atoms with E-state index in [-0.39, 0.29) is 11.5 Å². The Morgan fingerprint density at radius 2 is 2.00 bits per heavy atom. The standard InChI is InChI=1S/C28H43N3O3/c1-27-12-9-20(30-18-33-14-11-26-29-16-21(34-26)17-31(3)4)15-19(27)5-6-22-23-7-8-25(32)28(23,2)13-10-24(22)27/h15-16,22-25,32H,5-14,17-18H2,1-4H3/b30-20-/t22?,23?,24?,25-,27-,28-/m0/s1. The minimum Gasteiger partial charge on any atom is -0.444 e. The summed E-state index contributed by atoms with van der Waals surface area (Å²) in [4.78, 5) is 11.2. The van der Waals surface area contributed by atoms with Gasteiger partial charge in [-0.3, -0.25) is 4.99 Å². The summed E-state index contributed by atoms with van der Waals surface area (Å²) in [6.45, 7) is 6.64. The van der Waals surface area contributed by atoms with Crippen molar-refractivity contribution in [1.29, 1.82) is 0 Å². The number of nitrogens with zero attached hydrogens (tertiary/aromatic N) is 3. The summed E-state index contributed by atoms with van der Waals surface area (Å²) >= 11 is 0. The highest BCUT2D eigenvalue weighted by atomic mass is 16.5. The number of hydrogen-bond donors (Lipinski definition) is 1. The first-order chi connectivity index (χ1) is 16.3. The Kier molecular flexibility index (Phi) is 6.77. The van der Waals surface area contributed by atoms with Crippen molar-refractivity contribution in [3.8, 4) is 0 Å². The number of fused-ring (bicyclic) bond motifs is 5. The molecule has 5 rings (SSSR count). The van der Waals surface area contributed by atoms with Gasteiger partial charge < -0.3 is 19.2 Å². The molecule has 1 heterocycles. The minimum absolute atomic E-state index is 0.0862. The quantitative estimate of drug-likeness (QED) is 0.568. The fraction of sp³-hybridized carbons (Fsp3) is 0.786. The number of aliphatic imine (C=N–C) groups is 1. The van der Waals surface area contributed by atoms with E-state index in [1.54, 1.807) is 11.8 Å². The highest BCUT2D eigenvalue weighted by Crippen LogP contribution is 2.65. The zero-order chi connectivity index (χ0) is 23.9. The molecule has 0 saturated heterocycles. The van der Waals surface area contributed by atoms with Crippen molar-refractivity contribution in [3.63, 3.8) is 0 Å². The lowest BCUT2D eigenvalue weighted by atomic mass is 9.47. The summed E-state index contributed by atoms with van der Waals surface area (Å²) in [6, 6.07) is 0. The van der Waals surface area contributed by atoms with Crippen LogP contribution in [-0.4, -0.2) is 54.2 Å². The minimum atomic E-state index is -0.0862. The van der Waals surface area contributed by atoms with Crippen LogP contribution in [-0.2, 0) is 17.7 Å². The van der Waals surface area contributed by atoms with Gasteiger partial charge in [0.1, 0.15) is 12.5 Å². The van der Waals surface area contributed by atoms with Crippen LogP contribution >= 0.6 is 0 Å². The third-order valence-corrected chi connectivity index (χ3v) is 9.82. The molecule has 6 nitrogen and oxygen atoms in total. The molecule has 1 N–H and O–H groups in total. The van der Waals surface area contributed by atoms with E-state index in [0.29, 0.717) is 31.1 Å². The molecule has 0 radical (unpaired) electrons. The smallest absolute Gasteiger partial charge is 0.196 e. The fourth-order valence-electron chi connectivity index (χ4n) is 7.87. The molecule has 6 heteroatoms. The molecule has 34 heavy (non-hydrogen) atoms. The van der Waals surface area contributed by atoms with Crippen LogP contribution in [0.2, 0.25) is 0 Å². The summed E-state index contributed by atoms with van der Waals surface area (Å²) in [7, 11) is 4.04. The van der Waals surface area contributed by atoms with E-state index in [2.05, 4.69) is 29.8 Å². The van der Waals surface area contributed by atoms with Crippen LogP contribution in [0.4, 0.5) is 0 Å². The van der Waals surface area contributed by atoms with Crippen molar-refractivity contribution in [2.24, 2.45) is 33.6 Å². The van der Waals surface area contributed by atoms with Crippen LogP contribution in [0.5, 0.6) is 0 Å². The van der Waals surface area contributed by atoms with Gasteiger partial charge in [-0.15, -0.1) is 0 Å². The molecule has 0 amide bonds. The lowest BCUT2D eigenvalue weighted by Crippen LogP contribution is -2.51. The Balaban J connectivity index is 1.15. The maximum Gasteiger partial charge on any atom is 0.196 e. The van der Waals surface area contributed by atoms with E-state index >= 15 is 0 Å². The van der Waals surface area contributed by atoms with Gasteiger partial charge >= 0.3 is 0 Å². The SMILES string of the molecule is CN(C)Cc1cnc(CCOC/N=C2\C=C3CCC4C(CC[C@@]5(C)C4CC[C@@H]5O)[C@@]3(C)CC2)o1. The van der Waals surface area contributed by atoms with Gasteiger partial charge in [-0.1, -0.05) is 19.4 Å². The molecule has 0 aliphatic heterocycles. The van der Waals surface area contributed by atoms with Gasteiger partial charge in [0.25, 0.3) is 0 Å². The van der Waals surface area contributed by atoms with E-state index in [9.17, 15) is 5.11 Å². The highest BCUT2D eigenvalue weighted by molar-refractivity contribution is 5.96. The summed E-state index contributed by atoms with van der Waals surface area (Å²) < 4.78 is 11.5. The highest BCUT2D eigenvalue weighted by Gasteiger charge is 2.58. The summed E-state index contributed by atoms with van der Waals surface area (Å²) in [5.74, 6) is 3.89. The first-order valence-electron chi connectivity index (χ1n) is 13.4. The van der Waals surface area contributed by atoms with Crippen LogP contribution in [0.25, 0.3) is 0 Å². The fourth-order valence-corrected chi connectivity index (χ4v) is 7.87. The third-order valence-electron chi connectivity index (χ3n) is 9.82. The second kappa shape index (κ2) is 9.51. The maximum absolute atomic E-state index is 10.7. The van der Waals surface area contributed by atoms with Crippen molar-refractivity contribution in [3.05, 3.63) is 29.5 Å². The number of aromatic nitrogens is 1. The zero-order valence-electron chi connectivity index (χ0n) is 21.6. The molecule has 4 aliphatic carbocycles. The number of oxazole rings is 1. The molecular weight excluding hydrogens is 426 g/mol. The van der Waals surface area contributed by atoms with Crippen LogP contribution in [0.15, 0.2) is 27.3 Å². The summed E-state index contributed by atoms with van der Waals surface area (Å²) in [5.41, 5.74) is 3.30. The number of hydrogen-bond acceptors (Lipinski definition) is 6. The number of aliphatic hydroxyl groups is 1. The topological polar surface area (TPSA) is 71.1 Å². The van der Waals surface area contributed by atoms with Gasteiger partial charge in [0.2, 0.25) is 0 Å². The molecule has 4 aliphatic rings. The Hall–Kier alpha value is -1.50. The van der Waals surface area contributed by atoms with Crippen molar-refractivity contribution in [2.45, 2.75) is 84.3 Å². The normalized spacial score (nSPS) is 38.5. The van der Waals surface area contributed by atoms with Crippen LogP contribution in [0, 0.1) is 28.6 Å². The van der Waals surface area contributed by atoms with Crippen LogP contribution in [0.3, 0.4) is 0 Å². The molecule has 0 aromatic carbocycles. The monoisotopic (exact) mass is 469 g/mol. The van der Waals surface area contributed by atoms with E-state index in [1.807, 2.05) is 14.1 Å². The molecule has 3 saturated carbocycles. The van der Waals surface area contributed by atoms with E-state index < -0.39 is 0 Å². The Morgan fingerprint density at radius 3 is 2.82 bits per heavy atom. The Morgan fingerprint density at radius 1 is 1.15 bits per heavy atom. The van der Waals surface area contributed by atoms with Gasteiger partial charge in [-0.2, -0.15) is 0 Å². The lowest BCUT2D eigenvalue weighted by Gasteiger charge is -2.57. The third kappa shape index (κ3) is 4.42. The molecule has 188 valence electrons. The molecule has 3 unspecified atom stereocenters. The number of allylic oxidation sites excluding steroid dienone is 2. The van der Waals surface area contributed by atoms with E-state index in [0.717, 1.165) is 42.9 Å². The Bertz CT molecular complexity index is 937. The number of aliphatic hydroxyl groups excluding tert-OH is 1. The number of rotatable bonds is 7. The molecule has 3 fully saturated rings. The van der Waals surface area contributed by atoms with Crippen molar-refractivity contribution >= 4 is 5.71 Å². The average Bonchev–Trinajstić information content (AvgIpc) is 3.36. The molecule has 1 aromatic rings. The second-order valence-corrected chi connectivity index (χ2v) is 12.0. The van der Waals surface area contributed by atoms with Crippen molar-refractivity contribution < 1.29 is 14.3 Å². The van der Waals surface area contributed by atoms with Crippen LogP contribution in [0.1, 0.15) is 76.9 Å². The van der Waals surface area contributed by atoms with Gasteiger partial charge in [-0.05, 0) is 100 Å². The first-order valence-corrected chi connectivity index (χ1v) is 13.4. The number of ether oxygens (including phenoxy) is 1. The predicted molar refractivity (Wildman–Crippen MR) is 134 cm³/mol. The summed E-state index contributed by atoms with van der Waals surface area (Å²) in [6.07, 6.45) is 14.2. The molecule has 0 bridgehead atoms. The first kappa shape index (κ1) is 24.2. The molecule has 0 spiro atoms. The Labute approximate surface area is 204 Å². The van der Waals surface area contributed by atoms with Gasteiger partial charge in [0.15, 0.2) is 5.89 Å². The van der Waals surface area contributed by atoms with Gasteiger partial charge in [-0.25, -0.2) is 4.98 Å². The largest absolute Gasteiger partial charge is 0.444 e. The van der Waals surface area contributed by atoms with Crippen molar-refractivity contribution in [1.82, 2.24) is 9.88 Å². The molecule has 6 atom stereocenters. The zero-order valence-corrected chi connectivity index (χ0v) is 21.6. The van der Waals surface area contributed by atoms with Crippen molar-refractivity contribution in [2.75, 3.05) is 27.4 Å². The lowest BCUT2D eigenvalue weighted by molar-refractivity contribution is -0.0721. The van der Waals surface area contributed by atoms with Gasteiger partial charge in [0.05, 0.1) is 25.5 Å². The molecular formula is C28H43N3O3. The van der Waals surface area contributed by atoms with Crippen LogP contribution < -0.4 is 0 Å². The predicted octanol–water partition coefficient (Wildman–Crippen LogP) is 5.02. The molecule has 1 aromatic heterocycles. The average molecular weight is 470 g/mol. The second-order valence-electron chi connectivity index (χ2n) is 12.0. The maximum atomic E-state index is 10.7. The summed E-state index contributed by atoms with van der Waals surface area (Å²) in [5, 5.41) is 10.7.